The number of carbonyl (C=O) groups is 2. The molecule has 0 saturated heterocycles. The van der Waals surface area contributed by atoms with Crippen LogP contribution in [0, 0.1) is 10.1 Å². The second kappa shape index (κ2) is 12.9. The quantitative estimate of drug-likeness (QED) is 0.160. The number of nitro groups is 1. The average Bonchev–Trinajstić information content (AvgIpc) is 2.96. The summed E-state index contributed by atoms with van der Waals surface area (Å²) in [5, 5.41) is 13.3. The monoisotopic (exact) mass is 526 g/mol. The van der Waals surface area contributed by atoms with Gasteiger partial charge in [0.25, 0.3) is 5.69 Å². The van der Waals surface area contributed by atoms with Crippen LogP contribution < -0.4 is 14.8 Å². The van der Waals surface area contributed by atoms with E-state index in [2.05, 4.69) is 5.32 Å². The molecule has 0 bridgehead atoms. The average molecular weight is 527 g/mol. The van der Waals surface area contributed by atoms with Gasteiger partial charge in [-0.3, -0.25) is 10.1 Å². The van der Waals surface area contributed by atoms with Crippen LogP contribution in [0.1, 0.15) is 11.1 Å². The van der Waals surface area contributed by atoms with Gasteiger partial charge in [-0.25, -0.2) is 9.59 Å². The van der Waals surface area contributed by atoms with E-state index in [4.69, 9.17) is 14.2 Å². The van der Waals surface area contributed by atoms with Gasteiger partial charge in [0.15, 0.2) is 0 Å². The molecule has 198 valence electrons. The van der Waals surface area contributed by atoms with Crippen LogP contribution in [0.15, 0.2) is 103 Å². The molecule has 1 amide bonds. The Kier molecular flexibility index (Phi) is 8.87. The normalized spacial score (nSPS) is 11.2. The molecular formula is C30H26N2O7. The van der Waals surface area contributed by atoms with E-state index in [1.807, 2.05) is 78.9 Å². The lowest BCUT2D eigenvalue weighted by atomic mass is 10.0. The number of hydrogen-bond acceptors (Lipinski definition) is 7. The zero-order valence-corrected chi connectivity index (χ0v) is 21.1. The Hall–Kier alpha value is -5.18. The molecule has 0 spiro atoms. The van der Waals surface area contributed by atoms with Crippen LogP contribution >= 0.6 is 0 Å². The molecule has 1 N–H and O–H groups in total. The predicted molar refractivity (Wildman–Crippen MR) is 144 cm³/mol. The fourth-order valence-electron chi connectivity index (χ4n) is 3.83. The number of esters is 1. The van der Waals surface area contributed by atoms with Crippen molar-refractivity contribution in [2.24, 2.45) is 0 Å². The van der Waals surface area contributed by atoms with Crippen molar-refractivity contribution in [3.63, 3.8) is 0 Å². The van der Waals surface area contributed by atoms with Crippen molar-refractivity contribution in [1.82, 2.24) is 5.32 Å². The van der Waals surface area contributed by atoms with Crippen LogP contribution in [0.25, 0.3) is 11.1 Å². The maximum absolute atomic E-state index is 12.4. The summed E-state index contributed by atoms with van der Waals surface area (Å²) in [6.07, 6.45) is -0.717. The van der Waals surface area contributed by atoms with Crippen LogP contribution in [0.4, 0.5) is 10.5 Å². The van der Waals surface area contributed by atoms with Gasteiger partial charge < -0.3 is 19.5 Å². The van der Waals surface area contributed by atoms with E-state index in [1.165, 1.54) is 31.4 Å². The van der Waals surface area contributed by atoms with Crippen LogP contribution in [-0.4, -0.2) is 30.1 Å². The summed E-state index contributed by atoms with van der Waals surface area (Å²) in [5.74, 6) is 0.214. The third-order valence-corrected chi connectivity index (χ3v) is 5.85. The molecule has 0 aliphatic heterocycles. The summed E-state index contributed by atoms with van der Waals surface area (Å²) >= 11 is 0. The highest BCUT2D eigenvalue weighted by molar-refractivity contribution is 5.82. The van der Waals surface area contributed by atoms with Crippen molar-refractivity contribution in [2.45, 2.75) is 19.1 Å². The molecular weight excluding hydrogens is 500 g/mol. The van der Waals surface area contributed by atoms with E-state index in [0.29, 0.717) is 6.61 Å². The van der Waals surface area contributed by atoms with E-state index >= 15 is 0 Å². The first-order valence-electron chi connectivity index (χ1n) is 12.1. The zero-order valence-electron chi connectivity index (χ0n) is 21.1. The Balaban J connectivity index is 1.38. The molecule has 39 heavy (non-hydrogen) atoms. The maximum atomic E-state index is 12.4. The Bertz CT molecular complexity index is 1420. The van der Waals surface area contributed by atoms with Crippen molar-refractivity contribution < 1.29 is 28.7 Å². The van der Waals surface area contributed by atoms with Gasteiger partial charge in [-0.2, -0.15) is 0 Å². The van der Waals surface area contributed by atoms with E-state index in [1.54, 1.807) is 0 Å². The highest BCUT2D eigenvalue weighted by atomic mass is 16.6. The molecule has 4 aromatic carbocycles. The van der Waals surface area contributed by atoms with Crippen molar-refractivity contribution in [3.05, 3.63) is 124 Å². The molecule has 1 atom stereocenters. The largest absolute Gasteiger partial charge is 0.489 e. The zero-order chi connectivity index (χ0) is 27.6. The Morgan fingerprint density at radius 3 is 2.21 bits per heavy atom. The van der Waals surface area contributed by atoms with Gasteiger partial charge in [0.05, 0.1) is 12.0 Å². The number of nitrogens with zero attached hydrogens (tertiary/aromatic N) is 1. The minimum absolute atomic E-state index is 0.0982. The van der Waals surface area contributed by atoms with E-state index in [0.717, 1.165) is 28.0 Å². The van der Waals surface area contributed by atoms with Gasteiger partial charge in [-0.05, 0) is 46.5 Å². The lowest BCUT2D eigenvalue weighted by Gasteiger charge is -2.17. The predicted octanol–water partition coefficient (Wildman–Crippen LogP) is 5.71. The Labute approximate surface area is 225 Å². The van der Waals surface area contributed by atoms with Gasteiger partial charge in [-0.1, -0.05) is 66.7 Å². The molecule has 0 aliphatic carbocycles. The number of rotatable bonds is 10. The molecule has 0 aromatic heterocycles. The number of amides is 1. The molecule has 0 saturated carbocycles. The summed E-state index contributed by atoms with van der Waals surface area (Å²) < 4.78 is 15.9. The minimum atomic E-state index is -0.999. The van der Waals surface area contributed by atoms with Crippen molar-refractivity contribution in [2.75, 3.05) is 7.11 Å². The van der Waals surface area contributed by atoms with Crippen LogP contribution in [0.2, 0.25) is 0 Å². The van der Waals surface area contributed by atoms with Crippen molar-refractivity contribution in [3.8, 4) is 22.6 Å². The fourth-order valence-corrected chi connectivity index (χ4v) is 3.83. The molecule has 4 aromatic rings. The van der Waals surface area contributed by atoms with E-state index < -0.39 is 23.0 Å². The highest BCUT2D eigenvalue weighted by Crippen LogP contribution is 2.25. The summed E-state index contributed by atoms with van der Waals surface area (Å²) in [7, 11) is 1.23. The summed E-state index contributed by atoms with van der Waals surface area (Å²) in [6, 6.07) is 29.3. The first-order chi connectivity index (χ1) is 18.9. The number of nitro benzene ring substituents is 1. The second-order valence-electron chi connectivity index (χ2n) is 8.56. The fraction of sp³-hybridized carbons (Fsp3) is 0.133. The third kappa shape index (κ3) is 7.65. The molecule has 0 radical (unpaired) electrons. The van der Waals surface area contributed by atoms with E-state index in [9.17, 15) is 19.7 Å². The molecule has 9 nitrogen and oxygen atoms in total. The highest BCUT2D eigenvalue weighted by Gasteiger charge is 2.23. The molecule has 0 fully saturated rings. The molecule has 0 aliphatic rings. The first kappa shape index (κ1) is 26.9. The van der Waals surface area contributed by atoms with Crippen molar-refractivity contribution >= 4 is 17.7 Å². The molecule has 0 heterocycles. The van der Waals surface area contributed by atoms with Gasteiger partial charge in [-0.15, -0.1) is 0 Å². The van der Waals surface area contributed by atoms with Crippen molar-refractivity contribution in [1.29, 1.82) is 0 Å². The smallest absolute Gasteiger partial charge is 0.413 e. The Morgan fingerprint density at radius 2 is 1.54 bits per heavy atom. The number of hydrogen-bond donors (Lipinski definition) is 1. The van der Waals surface area contributed by atoms with Crippen LogP contribution in [0.5, 0.6) is 11.5 Å². The lowest BCUT2D eigenvalue weighted by molar-refractivity contribution is -0.384. The van der Waals surface area contributed by atoms with Gasteiger partial charge in [0, 0.05) is 18.6 Å². The molecule has 4 rings (SSSR count). The standard InChI is InChI=1S/C30H26N2O7/c1-37-29(33)28(31-30(34)39-26-16-14-25(15-17-26)32(35)36)18-21-10-12-23(13-11-21)24-8-5-9-27(19-24)38-20-22-6-3-2-4-7-22/h2-17,19,28H,18,20H2,1H3,(H,31,34)/t28-/m0/s1. The van der Waals surface area contributed by atoms with Gasteiger partial charge >= 0.3 is 12.1 Å². The number of non-ortho nitro benzene ring substituents is 1. The molecule has 9 heteroatoms. The van der Waals surface area contributed by atoms with E-state index in [-0.39, 0.29) is 17.9 Å². The minimum Gasteiger partial charge on any atom is -0.489 e. The number of nitrogens with one attached hydrogen (secondary N) is 1. The SMILES string of the molecule is COC(=O)[C@H](Cc1ccc(-c2cccc(OCc3ccccc3)c2)cc1)NC(=O)Oc1ccc([N+](=O)[O-])cc1. The summed E-state index contributed by atoms with van der Waals surface area (Å²) in [4.78, 5) is 34.9. The topological polar surface area (TPSA) is 117 Å². The number of benzene rings is 4. The Morgan fingerprint density at radius 1 is 0.821 bits per heavy atom. The number of ether oxygens (including phenoxy) is 3. The number of methoxy groups -OCH3 is 1. The first-order valence-corrected chi connectivity index (χ1v) is 12.1. The lowest BCUT2D eigenvalue weighted by Crippen LogP contribution is -2.44. The van der Waals surface area contributed by atoms with Gasteiger partial charge in [0.2, 0.25) is 0 Å². The van der Waals surface area contributed by atoms with Crippen LogP contribution in [0.3, 0.4) is 0 Å². The number of carbonyl (C=O) groups excluding carboxylic acids is 2. The summed E-state index contributed by atoms with van der Waals surface area (Å²) in [6.45, 7) is 0.470. The third-order valence-electron chi connectivity index (χ3n) is 5.85. The maximum Gasteiger partial charge on any atom is 0.413 e. The second-order valence-corrected chi connectivity index (χ2v) is 8.56. The molecule has 0 unspecified atom stereocenters. The van der Waals surface area contributed by atoms with Gasteiger partial charge in [0.1, 0.15) is 24.1 Å². The van der Waals surface area contributed by atoms with Crippen LogP contribution in [-0.2, 0) is 22.6 Å². The summed E-state index contributed by atoms with van der Waals surface area (Å²) in [5.41, 5.74) is 3.68.